The maximum absolute atomic E-state index is 11.9. The normalized spacial score (nSPS) is 55.5. The number of nitrogens with zero attached hydrogens (tertiary/aromatic N) is 1. The molecule has 184 valence electrons. The number of piperidine rings is 1. The molecular formula is C29H45NO3. The van der Waals surface area contributed by atoms with E-state index >= 15 is 0 Å². The molecule has 4 heteroatoms. The van der Waals surface area contributed by atoms with Crippen LogP contribution in [0.5, 0.6) is 0 Å². The van der Waals surface area contributed by atoms with Gasteiger partial charge in [-0.15, -0.1) is 0 Å². The van der Waals surface area contributed by atoms with Crippen LogP contribution in [0.15, 0.2) is 11.6 Å². The highest BCUT2D eigenvalue weighted by Crippen LogP contribution is 2.69. The van der Waals surface area contributed by atoms with E-state index in [1.807, 2.05) is 0 Å². The fourth-order valence-corrected chi connectivity index (χ4v) is 10.8. The third-order valence-corrected chi connectivity index (χ3v) is 12.0. The van der Waals surface area contributed by atoms with Crippen molar-refractivity contribution in [2.24, 2.45) is 46.3 Å². The lowest BCUT2D eigenvalue weighted by molar-refractivity contribution is -0.155. The smallest absolute Gasteiger partial charge is 0.302 e. The van der Waals surface area contributed by atoms with Gasteiger partial charge < -0.3 is 9.84 Å². The molecule has 6 rings (SSSR count). The quantitative estimate of drug-likeness (QED) is 0.436. The SMILES string of the molecule is CC(=O)OC1CC(C)CN2C3CC4C5CC=C6CC(O)CCC6(C)C5CCC4(C)C3C(C)C12. The summed E-state index contributed by atoms with van der Waals surface area (Å²) < 4.78 is 5.94. The Labute approximate surface area is 200 Å². The lowest BCUT2D eigenvalue weighted by Gasteiger charge is -2.58. The van der Waals surface area contributed by atoms with Gasteiger partial charge in [-0.05, 0) is 97.7 Å². The van der Waals surface area contributed by atoms with Gasteiger partial charge in [-0.3, -0.25) is 9.69 Å². The summed E-state index contributed by atoms with van der Waals surface area (Å²) in [6.45, 7) is 12.8. The van der Waals surface area contributed by atoms with Crippen molar-refractivity contribution >= 4 is 5.97 Å². The van der Waals surface area contributed by atoms with Gasteiger partial charge in [0.1, 0.15) is 6.10 Å². The van der Waals surface area contributed by atoms with Crippen LogP contribution in [0.25, 0.3) is 0 Å². The molecule has 12 atom stereocenters. The van der Waals surface area contributed by atoms with Gasteiger partial charge in [0, 0.05) is 25.6 Å². The van der Waals surface area contributed by atoms with Crippen molar-refractivity contribution in [1.29, 1.82) is 0 Å². The van der Waals surface area contributed by atoms with Gasteiger partial charge in [-0.1, -0.05) is 39.3 Å². The van der Waals surface area contributed by atoms with Crippen molar-refractivity contribution in [3.05, 3.63) is 11.6 Å². The Morgan fingerprint density at radius 3 is 2.70 bits per heavy atom. The van der Waals surface area contributed by atoms with Crippen molar-refractivity contribution in [3.63, 3.8) is 0 Å². The fraction of sp³-hybridized carbons (Fsp3) is 0.897. The molecule has 0 spiro atoms. The predicted octanol–water partition coefficient (Wildman–Crippen LogP) is 5.20. The maximum Gasteiger partial charge on any atom is 0.302 e. The lowest BCUT2D eigenvalue weighted by Crippen LogP contribution is -2.54. The Hall–Kier alpha value is -0.870. The molecule has 0 bridgehead atoms. The summed E-state index contributed by atoms with van der Waals surface area (Å²) in [7, 11) is 0. The molecule has 2 heterocycles. The van der Waals surface area contributed by atoms with E-state index in [1.165, 1.54) is 38.6 Å². The highest BCUT2D eigenvalue weighted by atomic mass is 16.5. The highest BCUT2D eigenvalue weighted by Gasteiger charge is 2.67. The Balaban J connectivity index is 1.31. The summed E-state index contributed by atoms with van der Waals surface area (Å²) >= 11 is 0. The lowest BCUT2D eigenvalue weighted by atomic mass is 9.47. The van der Waals surface area contributed by atoms with Crippen LogP contribution in [0.1, 0.15) is 86.0 Å². The average molecular weight is 456 g/mol. The number of carbonyl (C=O) groups excluding carboxylic acids is 1. The van der Waals surface area contributed by atoms with E-state index in [0.717, 1.165) is 42.9 Å². The minimum atomic E-state index is -0.121. The molecule has 2 aliphatic heterocycles. The number of allylic oxidation sites excluding steroid dienone is 1. The van der Waals surface area contributed by atoms with Gasteiger partial charge in [0.05, 0.1) is 6.10 Å². The minimum Gasteiger partial charge on any atom is -0.461 e. The van der Waals surface area contributed by atoms with Crippen LogP contribution in [0.3, 0.4) is 0 Å². The van der Waals surface area contributed by atoms with Crippen LogP contribution < -0.4 is 0 Å². The van der Waals surface area contributed by atoms with Gasteiger partial charge in [0.15, 0.2) is 0 Å². The summed E-state index contributed by atoms with van der Waals surface area (Å²) in [5.41, 5.74) is 2.30. The molecule has 4 nitrogen and oxygen atoms in total. The zero-order chi connectivity index (χ0) is 23.3. The first kappa shape index (κ1) is 22.6. The molecule has 4 aliphatic carbocycles. The second-order valence-electron chi connectivity index (χ2n) is 13.6. The average Bonchev–Trinajstić information content (AvgIpc) is 3.20. The molecule has 2 saturated heterocycles. The van der Waals surface area contributed by atoms with Crippen molar-refractivity contribution < 1.29 is 14.6 Å². The van der Waals surface area contributed by atoms with Crippen molar-refractivity contribution in [3.8, 4) is 0 Å². The van der Waals surface area contributed by atoms with E-state index < -0.39 is 0 Å². The zero-order valence-corrected chi connectivity index (χ0v) is 21.4. The van der Waals surface area contributed by atoms with Crippen LogP contribution in [-0.2, 0) is 9.53 Å². The van der Waals surface area contributed by atoms with Gasteiger partial charge in [0.2, 0.25) is 0 Å². The van der Waals surface area contributed by atoms with Crippen LogP contribution in [0.4, 0.5) is 0 Å². The number of rotatable bonds is 1. The predicted molar refractivity (Wildman–Crippen MR) is 129 cm³/mol. The van der Waals surface area contributed by atoms with E-state index in [2.05, 4.69) is 38.7 Å². The maximum atomic E-state index is 11.9. The van der Waals surface area contributed by atoms with Gasteiger partial charge >= 0.3 is 5.97 Å². The summed E-state index contributed by atoms with van der Waals surface area (Å²) in [5.74, 6) is 4.20. The van der Waals surface area contributed by atoms with E-state index in [4.69, 9.17) is 4.74 Å². The van der Waals surface area contributed by atoms with E-state index in [0.29, 0.717) is 34.7 Å². The molecule has 1 N–H and O–H groups in total. The van der Waals surface area contributed by atoms with Crippen LogP contribution in [0, 0.1) is 46.3 Å². The number of carbonyl (C=O) groups is 1. The molecule has 0 amide bonds. The van der Waals surface area contributed by atoms with E-state index in [9.17, 15) is 9.90 Å². The number of ether oxygens (including phenoxy) is 1. The first-order chi connectivity index (χ1) is 15.6. The molecule has 0 aromatic heterocycles. The van der Waals surface area contributed by atoms with Crippen molar-refractivity contribution in [1.82, 2.24) is 4.90 Å². The number of hydrogen-bond acceptors (Lipinski definition) is 4. The third-order valence-electron chi connectivity index (χ3n) is 12.0. The Morgan fingerprint density at radius 1 is 1.15 bits per heavy atom. The summed E-state index contributed by atoms with van der Waals surface area (Å²) in [4.78, 5) is 14.7. The highest BCUT2D eigenvalue weighted by molar-refractivity contribution is 5.66. The van der Waals surface area contributed by atoms with Gasteiger partial charge in [-0.2, -0.15) is 0 Å². The summed E-state index contributed by atoms with van der Waals surface area (Å²) in [6, 6.07) is 1.07. The molecule has 0 aromatic carbocycles. The zero-order valence-electron chi connectivity index (χ0n) is 21.4. The number of esters is 1. The van der Waals surface area contributed by atoms with Crippen molar-refractivity contribution in [2.75, 3.05) is 6.54 Å². The Kier molecular flexibility index (Phi) is 5.18. The van der Waals surface area contributed by atoms with E-state index in [1.54, 1.807) is 12.5 Å². The number of aliphatic hydroxyl groups excluding tert-OH is 1. The molecule has 33 heavy (non-hydrogen) atoms. The monoisotopic (exact) mass is 455 g/mol. The minimum absolute atomic E-state index is 0.0676. The first-order valence-corrected chi connectivity index (χ1v) is 13.9. The van der Waals surface area contributed by atoms with Gasteiger partial charge in [-0.25, -0.2) is 0 Å². The molecule has 12 unspecified atom stereocenters. The second kappa shape index (κ2) is 7.56. The number of hydrogen-bond donors (Lipinski definition) is 1. The fourth-order valence-electron chi connectivity index (χ4n) is 10.8. The topological polar surface area (TPSA) is 49.8 Å². The second-order valence-corrected chi connectivity index (χ2v) is 13.6. The van der Waals surface area contributed by atoms with Gasteiger partial charge in [0.25, 0.3) is 0 Å². The van der Waals surface area contributed by atoms with Crippen LogP contribution >= 0.6 is 0 Å². The summed E-state index contributed by atoms with van der Waals surface area (Å²) in [5, 5.41) is 10.3. The van der Waals surface area contributed by atoms with E-state index in [-0.39, 0.29) is 18.2 Å². The Morgan fingerprint density at radius 2 is 1.94 bits per heavy atom. The van der Waals surface area contributed by atoms with Crippen LogP contribution in [-0.4, -0.2) is 46.8 Å². The largest absolute Gasteiger partial charge is 0.461 e. The first-order valence-electron chi connectivity index (χ1n) is 13.9. The molecule has 0 radical (unpaired) electrons. The molecule has 5 fully saturated rings. The molecule has 0 aromatic rings. The van der Waals surface area contributed by atoms with Crippen LogP contribution in [0.2, 0.25) is 0 Å². The standard InChI is InChI=1S/C29H45NO3/c1-16-12-25(33-18(3)31)27-17(2)26-24(30(27)15-16)14-23-21-7-6-19-13-20(32)8-10-28(19,4)22(21)9-11-29(23,26)5/h6,16-17,20-27,32H,7-15H2,1-5H3. The molecule has 6 aliphatic rings. The molecular weight excluding hydrogens is 410 g/mol. The molecule has 3 saturated carbocycles. The summed E-state index contributed by atoms with van der Waals surface area (Å²) in [6.07, 6.45) is 11.9. The number of fused-ring (bicyclic) bond motifs is 9. The third kappa shape index (κ3) is 3.11. The Bertz CT molecular complexity index is 854. The van der Waals surface area contributed by atoms with Crippen molar-refractivity contribution in [2.45, 2.75) is 110 Å². The number of aliphatic hydroxyl groups is 1.